The van der Waals surface area contributed by atoms with E-state index in [1.807, 2.05) is 66.7 Å². The molecule has 0 unspecified atom stereocenters. The molecule has 5 heteroatoms. The molecule has 2 nitrogen and oxygen atoms in total. The van der Waals surface area contributed by atoms with E-state index in [4.69, 9.17) is 27.9 Å². The quantitative estimate of drug-likeness (QED) is 0.451. The Bertz CT molecular complexity index is 853. The SMILES string of the molecule is Clc1ccccc1COc1ccc(CNc2ccc(Br)cc2)cc1Cl. The summed E-state index contributed by atoms with van der Waals surface area (Å²) in [6.07, 6.45) is 0. The van der Waals surface area contributed by atoms with Gasteiger partial charge in [0.2, 0.25) is 0 Å². The van der Waals surface area contributed by atoms with E-state index in [2.05, 4.69) is 21.2 Å². The van der Waals surface area contributed by atoms with Gasteiger partial charge in [0.15, 0.2) is 0 Å². The second-order valence-electron chi connectivity index (χ2n) is 5.51. The zero-order valence-electron chi connectivity index (χ0n) is 13.3. The summed E-state index contributed by atoms with van der Waals surface area (Å²) in [4.78, 5) is 0. The molecule has 0 aliphatic carbocycles. The van der Waals surface area contributed by atoms with Gasteiger partial charge < -0.3 is 10.1 Å². The largest absolute Gasteiger partial charge is 0.487 e. The predicted octanol–water partition coefficient (Wildman–Crippen LogP) is 6.95. The van der Waals surface area contributed by atoms with E-state index in [1.165, 1.54) is 0 Å². The number of nitrogens with one attached hydrogen (secondary N) is 1. The number of anilines is 1. The molecule has 0 atom stereocenters. The van der Waals surface area contributed by atoms with Crippen molar-refractivity contribution in [3.05, 3.63) is 92.4 Å². The van der Waals surface area contributed by atoms with Crippen LogP contribution in [0.15, 0.2) is 71.2 Å². The number of ether oxygens (including phenoxy) is 1. The second-order valence-corrected chi connectivity index (χ2v) is 7.24. The smallest absolute Gasteiger partial charge is 0.138 e. The van der Waals surface area contributed by atoms with E-state index in [-0.39, 0.29) is 0 Å². The Balaban J connectivity index is 1.60. The lowest BCUT2D eigenvalue weighted by Crippen LogP contribution is -2.00. The Hall–Kier alpha value is -1.68. The summed E-state index contributed by atoms with van der Waals surface area (Å²) in [7, 11) is 0. The normalized spacial score (nSPS) is 10.5. The Kier molecular flexibility index (Phi) is 6.24. The van der Waals surface area contributed by atoms with Crippen molar-refractivity contribution in [1.82, 2.24) is 0 Å². The van der Waals surface area contributed by atoms with Gasteiger partial charge in [0.25, 0.3) is 0 Å². The Morgan fingerprint density at radius 2 is 1.64 bits per heavy atom. The zero-order valence-corrected chi connectivity index (χ0v) is 16.4. The highest BCUT2D eigenvalue weighted by Gasteiger charge is 2.06. The average molecular weight is 437 g/mol. The third kappa shape index (κ3) is 5.15. The van der Waals surface area contributed by atoms with E-state index in [9.17, 15) is 0 Å². The van der Waals surface area contributed by atoms with Crippen LogP contribution in [-0.2, 0) is 13.2 Å². The molecule has 3 aromatic rings. The Morgan fingerprint density at radius 1 is 0.880 bits per heavy atom. The van der Waals surface area contributed by atoms with Gasteiger partial charge in [-0.25, -0.2) is 0 Å². The van der Waals surface area contributed by atoms with Gasteiger partial charge in [-0.3, -0.25) is 0 Å². The van der Waals surface area contributed by atoms with Gasteiger partial charge in [0, 0.05) is 27.3 Å². The lowest BCUT2D eigenvalue weighted by Gasteiger charge is -2.11. The van der Waals surface area contributed by atoms with E-state index < -0.39 is 0 Å². The number of halogens is 3. The molecule has 0 aliphatic rings. The maximum absolute atomic E-state index is 6.35. The average Bonchev–Trinajstić information content (AvgIpc) is 2.62. The van der Waals surface area contributed by atoms with Crippen molar-refractivity contribution in [2.24, 2.45) is 0 Å². The van der Waals surface area contributed by atoms with Gasteiger partial charge in [-0.2, -0.15) is 0 Å². The summed E-state index contributed by atoms with van der Waals surface area (Å²) >= 11 is 15.9. The van der Waals surface area contributed by atoms with Crippen LogP contribution in [0.2, 0.25) is 10.0 Å². The Morgan fingerprint density at radius 3 is 2.36 bits per heavy atom. The predicted molar refractivity (Wildman–Crippen MR) is 109 cm³/mol. The van der Waals surface area contributed by atoms with Gasteiger partial charge in [-0.05, 0) is 48.0 Å². The van der Waals surface area contributed by atoms with Gasteiger partial charge in [-0.15, -0.1) is 0 Å². The molecule has 0 radical (unpaired) electrons. The summed E-state index contributed by atoms with van der Waals surface area (Å²) in [5.74, 6) is 0.647. The molecule has 0 bridgehead atoms. The first-order chi connectivity index (χ1) is 12.1. The minimum absolute atomic E-state index is 0.385. The van der Waals surface area contributed by atoms with E-state index >= 15 is 0 Å². The highest BCUT2D eigenvalue weighted by Crippen LogP contribution is 2.27. The molecule has 0 aromatic heterocycles. The van der Waals surface area contributed by atoms with Gasteiger partial charge in [0.05, 0.1) is 5.02 Å². The fraction of sp³-hybridized carbons (Fsp3) is 0.100. The lowest BCUT2D eigenvalue weighted by molar-refractivity contribution is 0.306. The van der Waals surface area contributed by atoms with Gasteiger partial charge >= 0.3 is 0 Å². The highest BCUT2D eigenvalue weighted by molar-refractivity contribution is 9.10. The highest BCUT2D eigenvalue weighted by atomic mass is 79.9. The second kappa shape index (κ2) is 8.61. The van der Waals surface area contributed by atoms with Crippen molar-refractivity contribution >= 4 is 44.8 Å². The fourth-order valence-corrected chi connectivity index (χ4v) is 3.03. The summed E-state index contributed by atoms with van der Waals surface area (Å²) < 4.78 is 6.85. The first-order valence-corrected chi connectivity index (χ1v) is 9.31. The van der Waals surface area contributed by atoms with Gasteiger partial charge in [0.1, 0.15) is 12.4 Å². The first-order valence-electron chi connectivity index (χ1n) is 7.76. The van der Waals surface area contributed by atoms with Crippen LogP contribution in [-0.4, -0.2) is 0 Å². The van der Waals surface area contributed by atoms with Crippen molar-refractivity contribution in [2.75, 3.05) is 5.32 Å². The topological polar surface area (TPSA) is 21.3 Å². The molecule has 0 spiro atoms. The number of hydrogen-bond acceptors (Lipinski definition) is 2. The number of hydrogen-bond donors (Lipinski definition) is 1. The van der Waals surface area contributed by atoms with Crippen LogP contribution in [0.3, 0.4) is 0 Å². The molecule has 0 fully saturated rings. The van der Waals surface area contributed by atoms with Crippen molar-refractivity contribution in [3.8, 4) is 5.75 Å². The molecular weight excluding hydrogens is 421 g/mol. The van der Waals surface area contributed by atoms with E-state index in [1.54, 1.807) is 0 Å². The molecule has 0 saturated heterocycles. The summed E-state index contributed by atoms with van der Waals surface area (Å²) in [5, 5.41) is 4.64. The van der Waals surface area contributed by atoms with Crippen molar-refractivity contribution in [1.29, 1.82) is 0 Å². The van der Waals surface area contributed by atoms with Crippen LogP contribution in [0.4, 0.5) is 5.69 Å². The molecule has 3 rings (SSSR count). The molecule has 25 heavy (non-hydrogen) atoms. The monoisotopic (exact) mass is 435 g/mol. The summed E-state index contributed by atoms with van der Waals surface area (Å²) in [5.41, 5.74) is 3.07. The van der Waals surface area contributed by atoms with Gasteiger partial charge in [-0.1, -0.05) is 63.4 Å². The number of rotatable bonds is 6. The molecule has 0 aliphatic heterocycles. The van der Waals surface area contributed by atoms with E-state index in [0.29, 0.717) is 28.9 Å². The third-order valence-electron chi connectivity index (χ3n) is 3.68. The van der Waals surface area contributed by atoms with Crippen LogP contribution >= 0.6 is 39.1 Å². The fourth-order valence-electron chi connectivity index (χ4n) is 2.31. The van der Waals surface area contributed by atoms with Crippen molar-refractivity contribution in [3.63, 3.8) is 0 Å². The van der Waals surface area contributed by atoms with E-state index in [0.717, 1.165) is 21.3 Å². The Labute approximate surface area is 165 Å². The minimum atomic E-state index is 0.385. The van der Waals surface area contributed by atoms with Crippen LogP contribution in [0.1, 0.15) is 11.1 Å². The van der Waals surface area contributed by atoms with Crippen LogP contribution in [0, 0.1) is 0 Å². The third-order valence-corrected chi connectivity index (χ3v) is 4.87. The lowest BCUT2D eigenvalue weighted by atomic mass is 10.2. The molecule has 0 saturated carbocycles. The number of benzene rings is 3. The summed E-state index contributed by atoms with van der Waals surface area (Å²) in [6.45, 7) is 1.07. The minimum Gasteiger partial charge on any atom is -0.487 e. The maximum atomic E-state index is 6.35. The molecule has 0 amide bonds. The van der Waals surface area contributed by atoms with Crippen molar-refractivity contribution in [2.45, 2.75) is 13.2 Å². The zero-order chi connectivity index (χ0) is 17.6. The summed E-state index contributed by atoms with van der Waals surface area (Å²) in [6, 6.07) is 21.5. The van der Waals surface area contributed by atoms with Crippen LogP contribution in [0.25, 0.3) is 0 Å². The van der Waals surface area contributed by atoms with Crippen LogP contribution < -0.4 is 10.1 Å². The maximum Gasteiger partial charge on any atom is 0.138 e. The molecule has 1 N–H and O–H groups in total. The molecule has 3 aromatic carbocycles. The van der Waals surface area contributed by atoms with Crippen molar-refractivity contribution < 1.29 is 4.74 Å². The molecule has 128 valence electrons. The standard InChI is InChI=1S/C20H16BrCl2NO/c21-16-6-8-17(9-7-16)24-12-14-5-10-20(19(23)11-14)25-13-15-3-1-2-4-18(15)22/h1-11,24H,12-13H2. The first kappa shape index (κ1) is 18.1. The molecule has 0 heterocycles. The molecular formula is C20H16BrCl2NO. The van der Waals surface area contributed by atoms with Crippen LogP contribution in [0.5, 0.6) is 5.75 Å².